The number of benzene rings is 3. The van der Waals surface area contributed by atoms with Crippen molar-refractivity contribution >= 4 is 39.0 Å². The van der Waals surface area contributed by atoms with Crippen molar-refractivity contribution in [3.8, 4) is 12.3 Å². The van der Waals surface area contributed by atoms with Crippen molar-refractivity contribution in [2.24, 2.45) is 0 Å². The molecule has 222 valence electrons. The van der Waals surface area contributed by atoms with E-state index in [0.29, 0.717) is 34.4 Å². The van der Waals surface area contributed by atoms with Crippen LogP contribution in [0, 0.1) is 29.4 Å². The topological polar surface area (TPSA) is 180 Å². The van der Waals surface area contributed by atoms with Gasteiger partial charge in [-0.1, -0.05) is 24.1 Å². The van der Waals surface area contributed by atoms with Crippen LogP contribution in [-0.4, -0.2) is 52.5 Å². The van der Waals surface area contributed by atoms with Crippen LogP contribution in [0.15, 0.2) is 83.0 Å². The summed E-state index contributed by atoms with van der Waals surface area (Å²) in [5, 5.41) is 21.1. The summed E-state index contributed by atoms with van der Waals surface area (Å²) in [6.45, 7) is 2.40. The van der Waals surface area contributed by atoms with Crippen molar-refractivity contribution < 1.29 is 13.9 Å². The van der Waals surface area contributed by atoms with Gasteiger partial charge < -0.3 is 15.2 Å². The van der Waals surface area contributed by atoms with E-state index in [4.69, 9.17) is 6.42 Å². The number of terminal acetylenes is 1. The molecule has 2 atom stereocenters. The molecule has 5 rings (SSSR count). The molecule has 14 heteroatoms. The van der Waals surface area contributed by atoms with E-state index in [2.05, 4.69) is 36.4 Å². The summed E-state index contributed by atoms with van der Waals surface area (Å²) in [6, 6.07) is 17.2. The molecule has 0 spiro atoms. The first kappa shape index (κ1) is 29.8. The maximum atomic E-state index is 13.3. The number of rotatable bonds is 11. The number of non-ortho nitro benzene ring substituents is 1. The molecule has 0 aliphatic carbocycles. The van der Waals surface area contributed by atoms with Gasteiger partial charge in [-0.15, -0.1) is 6.42 Å². The van der Waals surface area contributed by atoms with E-state index >= 15 is 0 Å². The van der Waals surface area contributed by atoms with Crippen LogP contribution in [0.4, 0.5) is 11.4 Å². The zero-order valence-corrected chi connectivity index (χ0v) is 24.2. The third-order valence-corrected chi connectivity index (χ3v) is 8.02. The number of nitro groups is 1. The molecule has 3 N–H and O–H groups in total. The lowest BCUT2D eigenvalue weighted by molar-refractivity contribution is -0.384. The number of nitrogens with one attached hydrogen (secondary N) is 3. The Hall–Kier alpha value is -5.68. The van der Waals surface area contributed by atoms with Gasteiger partial charge in [0.2, 0.25) is 5.16 Å². The molecule has 0 fully saturated rings. The molecule has 2 aromatic heterocycles. The van der Waals surface area contributed by atoms with Crippen LogP contribution in [0.3, 0.4) is 0 Å². The lowest BCUT2D eigenvalue weighted by Gasteiger charge is -2.23. The molecule has 5 aromatic rings. The number of carbonyl (C=O) groups is 1. The largest absolute Gasteiger partial charge is 0.356 e. The molecule has 1 amide bonds. The monoisotopic (exact) mass is 610 g/mol. The summed E-state index contributed by atoms with van der Waals surface area (Å²) in [7, 11) is -1.68. The third-order valence-electron chi connectivity index (χ3n) is 6.75. The normalized spacial score (nSPS) is 12.3. The first-order chi connectivity index (χ1) is 21.2. The minimum atomic E-state index is -1.68. The van der Waals surface area contributed by atoms with Crippen molar-refractivity contribution in [1.82, 2.24) is 30.5 Å². The van der Waals surface area contributed by atoms with Gasteiger partial charge in [-0.05, 0) is 54.4 Å². The van der Waals surface area contributed by atoms with Crippen molar-refractivity contribution in [3.05, 3.63) is 116 Å². The van der Waals surface area contributed by atoms with Gasteiger partial charge in [0, 0.05) is 29.9 Å². The van der Waals surface area contributed by atoms with Crippen LogP contribution in [0.1, 0.15) is 33.4 Å². The Labute approximate surface area is 253 Å². The predicted molar refractivity (Wildman–Crippen MR) is 164 cm³/mol. The van der Waals surface area contributed by atoms with E-state index in [-0.39, 0.29) is 28.7 Å². The van der Waals surface area contributed by atoms with Gasteiger partial charge in [-0.3, -0.25) is 29.0 Å². The highest BCUT2D eigenvalue weighted by Crippen LogP contribution is 2.23. The Morgan fingerprint density at radius 1 is 1.18 bits per heavy atom. The van der Waals surface area contributed by atoms with Gasteiger partial charge in [0.05, 0.1) is 45.0 Å². The number of carbonyl (C=O) groups excluding carboxylic acids is 1. The van der Waals surface area contributed by atoms with E-state index in [1.807, 2.05) is 11.0 Å². The minimum absolute atomic E-state index is 0.0974. The Morgan fingerprint density at radius 2 is 1.98 bits per heavy atom. The van der Waals surface area contributed by atoms with E-state index in [1.54, 1.807) is 49.4 Å². The molecule has 0 aliphatic rings. The fourth-order valence-corrected chi connectivity index (χ4v) is 5.70. The average molecular weight is 611 g/mol. The summed E-state index contributed by atoms with van der Waals surface area (Å²) >= 11 is 0. The van der Waals surface area contributed by atoms with Gasteiger partial charge in [-0.2, -0.15) is 5.10 Å². The summed E-state index contributed by atoms with van der Waals surface area (Å²) in [6.07, 6.45) is 6.86. The maximum Gasteiger partial charge on any atom is 0.269 e. The highest BCUT2D eigenvalue weighted by atomic mass is 32.2. The summed E-state index contributed by atoms with van der Waals surface area (Å²) in [4.78, 5) is 49.5. The lowest BCUT2D eigenvalue weighted by atomic mass is 10.1. The fourth-order valence-electron chi connectivity index (χ4n) is 4.65. The molecule has 0 aliphatic heterocycles. The number of aromatic amines is 2. The second-order valence-electron chi connectivity index (χ2n) is 9.79. The molecule has 0 saturated heterocycles. The highest BCUT2D eigenvalue weighted by molar-refractivity contribution is 7.84. The number of aryl methyl sites for hydroxylation is 1. The summed E-state index contributed by atoms with van der Waals surface area (Å²) < 4.78 is 12.9. The average Bonchev–Trinajstić information content (AvgIpc) is 3.56. The van der Waals surface area contributed by atoms with Crippen LogP contribution < -0.4 is 15.8 Å². The number of anilines is 1. The van der Waals surface area contributed by atoms with Crippen LogP contribution in [0.5, 0.6) is 0 Å². The number of nitro benzene ring substituents is 1. The van der Waals surface area contributed by atoms with Gasteiger partial charge in [0.1, 0.15) is 12.2 Å². The Morgan fingerprint density at radius 3 is 2.68 bits per heavy atom. The van der Waals surface area contributed by atoms with Crippen molar-refractivity contribution in [2.75, 3.05) is 17.2 Å². The fraction of sp³-hybridized carbons (Fsp3) is 0.167. The van der Waals surface area contributed by atoms with E-state index < -0.39 is 27.7 Å². The van der Waals surface area contributed by atoms with Crippen molar-refractivity contribution in [3.63, 3.8) is 0 Å². The Bertz CT molecular complexity index is 1950. The number of H-pyrrole nitrogens is 2. The number of amides is 1. The second-order valence-corrected chi connectivity index (χ2v) is 11.2. The Kier molecular flexibility index (Phi) is 8.87. The zero-order chi connectivity index (χ0) is 31.2. The molecule has 13 nitrogen and oxygen atoms in total. The molecule has 44 heavy (non-hydrogen) atoms. The maximum absolute atomic E-state index is 13.3. The molecule has 3 aromatic carbocycles. The first-order valence-electron chi connectivity index (χ1n) is 13.3. The lowest BCUT2D eigenvalue weighted by Crippen LogP contribution is -2.32. The smallest absolute Gasteiger partial charge is 0.269 e. The van der Waals surface area contributed by atoms with Crippen LogP contribution in [-0.2, 0) is 17.3 Å². The molecule has 0 radical (unpaired) electrons. The highest BCUT2D eigenvalue weighted by Gasteiger charge is 2.23. The first-order valence-corrected chi connectivity index (χ1v) is 14.6. The number of hydrogen-bond donors (Lipinski definition) is 3. The van der Waals surface area contributed by atoms with Crippen molar-refractivity contribution in [2.45, 2.75) is 24.7 Å². The summed E-state index contributed by atoms with van der Waals surface area (Å²) in [5.41, 5.74) is 2.55. The Balaban J connectivity index is 1.35. The molecule has 2 heterocycles. The molecule has 0 saturated carbocycles. The summed E-state index contributed by atoms with van der Waals surface area (Å²) in [5.74, 6) is 2.61. The quantitative estimate of drug-likeness (QED) is 0.115. The van der Waals surface area contributed by atoms with E-state index in [9.17, 15) is 23.9 Å². The molecule has 0 bridgehead atoms. The molecular weight excluding hydrogens is 584 g/mol. The van der Waals surface area contributed by atoms with Crippen LogP contribution in [0.2, 0.25) is 0 Å². The number of fused-ring (bicyclic) bond motifs is 1. The van der Waals surface area contributed by atoms with Crippen LogP contribution >= 0.6 is 0 Å². The number of aromatic nitrogens is 5. The second kappa shape index (κ2) is 13.1. The predicted octanol–water partition coefficient (Wildman–Crippen LogP) is 3.18. The SMILES string of the molecule is C#CCN(Cc1ccc2nc(C)[nH]c(=O)c2c1)c1ccc(C(=O)NC(CS(=O)c2ncn[nH]2)c2cccc([N+](=O)[O-])c2)cc1. The molecule has 2 unspecified atom stereocenters. The minimum Gasteiger partial charge on any atom is -0.356 e. The third kappa shape index (κ3) is 6.85. The van der Waals surface area contributed by atoms with Gasteiger partial charge >= 0.3 is 0 Å². The standard InChI is InChI=1S/C30H26N8O5S/c1-3-13-37(16-20-7-12-26-25(14-20)29(40)34-19(2)33-26)23-10-8-21(9-11-23)28(39)35-27(17-44(43)30-31-18-32-36-30)22-5-4-6-24(15-22)38(41)42/h1,4-12,14-15,18,27H,13,16-17H2,2H3,(H,35,39)(H,31,32,36)(H,33,34,40). The van der Waals surface area contributed by atoms with E-state index in [1.165, 1.54) is 24.5 Å². The van der Waals surface area contributed by atoms with Gasteiger partial charge in [0.15, 0.2) is 0 Å². The van der Waals surface area contributed by atoms with Crippen LogP contribution in [0.25, 0.3) is 10.9 Å². The van der Waals surface area contributed by atoms with Crippen molar-refractivity contribution in [1.29, 1.82) is 0 Å². The molecular formula is C30H26N8O5S. The van der Waals surface area contributed by atoms with Gasteiger partial charge in [-0.25, -0.2) is 9.97 Å². The number of hydrogen-bond acceptors (Lipinski definition) is 9. The van der Waals surface area contributed by atoms with Gasteiger partial charge in [0.25, 0.3) is 17.2 Å². The van der Waals surface area contributed by atoms with E-state index in [0.717, 1.165) is 11.3 Å². The number of nitrogens with zero attached hydrogens (tertiary/aromatic N) is 5. The zero-order valence-electron chi connectivity index (χ0n) is 23.4.